The van der Waals surface area contributed by atoms with Gasteiger partial charge in [0.15, 0.2) is 17.3 Å². The van der Waals surface area contributed by atoms with E-state index in [-0.39, 0.29) is 12.0 Å². The monoisotopic (exact) mass is 411 g/mol. The maximum absolute atomic E-state index is 11.3. The molecule has 0 saturated carbocycles. The van der Waals surface area contributed by atoms with Crippen molar-refractivity contribution in [1.82, 2.24) is 15.0 Å². The molecule has 0 unspecified atom stereocenters. The summed E-state index contributed by atoms with van der Waals surface area (Å²) in [6, 6.07) is 10.1. The number of nitrogens with two attached hydrogens (primary N) is 1. The summed E-state index contributed by atoms with van der Waals surface area (Å²) < 4.78 is 21.3. The fraction of sp³-hybridized carbons (Fsp3) is 0.200. The minimum absolute atomic E-state index is 0.119. The van der Waals surface area contributed by atoms with Crippen LogP contribution in [0, 0.1) is 0 Å². The van der Waals surface area contributed by atoms with E-state index in [0.717, 1.165) is 0 Å². The molecule has 3 aromatic rings. The van der Waals surface area contributed by atoms with E-state index in [0.29, 0.717) is 39.9 Å². The molecule has 156 valence electrons. The number of anilines is 2. The van der Waals surface area contributed by atoms with E-state index in [4.69, 9.17) is 24.7 Å². The molecule has 0 spiro atoms. The second-order valence-electron chi connectivity index (χ2n) is 5.95. The van der Waals surface area contributed by atoms with Gasteiger partial charge in [-0.3, -0.25) is 4.79 Å². The van der Waals surface area contributed by atoms with Crippen LogP contribution < -0.4 is 30.0 Å². The molecular weight excluding hydrogens is 390 g/mol. The lowest BCUT2D eigenvalue weighted by Crippen LogP contribution is -2.10. The predicted molar refractivity (Wildman–Crippen MR) is 110 cm³/mol. The highest BCUT2D eigenvalue weighted by Gasteiger charge is 2.15. The van der Waals surface area contributed by atoms with Crippen LogP contribution in [0.25, 0.3) is 11.4 Å². The van der Waals surface area contributed by atoms with Gasteiger partial charge in [-0.2, -0.15) is 15.0 Å². The number of carbonyl (C=O) groups excluding carboxylic acids is 1. The summed E-state index contributed by atoms with van der Waals surface area (Å²) in [6.45, 7) is 0. The number of hydrogen-bond acceptors (Lipinski definition) is 9. The van der Waals surface area contributed by atoms with E-state index in [1.54, 1.807) is 36.4 Å². The lowest BCUT2D eigenvalue weighted by atomic mass is 10.1. The van der Waals surface area contributed by atoms with E-state index in [1.807, 2.05) is 0 Å². The highest BCUT2D eigenvalue weighted by molar-refractivity contribution is 5.93. The van der Waals surface area contributed by atoms with Crippen LogP contribution in [-0.4, -0.2) is 49.3 Å². The first-order chi connectivity index (χ1) is 14.5. The van der Waals surface area contributed by atoms with Gasteiger partial charge in [-0.15, -0.1) is 0 Å². The Balaban J connectivity index is 1.99. The lowest BCUT2D eigenvalue weighted by Gasteiger charge is -2.15. The largest absolute Gasteiger partial charge is 0.493 e. The second-order valence-corrected chi connectivity index (χ2v) is 5.95. The number of rotatable bonds is 8. The molecule has 10 heteroatoms. The molecule has 0 aliphatic rings. The number of carbonyl (C=O) groups is 1. The quantitative estimate of drug-likeness (QED) is 0.573. The number of nitrogens with one attached hydrogen (secondary N) is 1. The number of primary amides is 1. The van der Waals surface area contributed by atoms with Crippen LogP contribution in [-0.2, 0) is 0 Å². The Morgan fingerprint density at radius 2 is 1.50 bits per heavy atom. The average Bonchev–Trinajstić information content (AvgIpc) is 2.78. The van der Waals surface area contributed by atoms with Crippen LogP contribution in [0.2, 0.25) is 0 Å². The van der Waals surface area contributed by atoms with Gasteiger partial charge in [0.05, 0.1) is 28.4 Å². The summed E-state index contributed by atoms with van der Waals surface area (Å²) in [5, 5.41) is 3.09. The normalized spacial score (nSPS) is 10.3. The maximum atomic E-state index is 11.3. The van der Waals surface area contributed by atoms with Crippen molar-refractivity contribution in [2.45, 2.75) is 0 Å². The molecule has 0 saturated heterocycles. The molecule has 0 aliphatic heterocycles. The third-order valence-electron chi connectivity index (χ3n) is 4.15. The first-order valence-corrected chi connectivity index (χ1v) is 8.76. The minimum atomic E-state index is -0.514. The van der Waals surface area contributed by atoms with Gasteiger partial charge in [-0.25, -0.2) is 0 Å². The Morgan fingerprint density at radius 1 is 0.867 bits per heavy atom. The number of benzene rings is 2. The fourth-order valence-electron chi connectivity index (χ4n) is 2.70. The molecule has 0 aliphatic carbocycles. The van der Waals surface area contributed by atoms with E-state index < -0.39 is 5.91 Å². The predicted octanol–water partition coefficient (Wildman–Crippen LogP) is 2.42. The average molecular weight is 411 g/mol. The molecule has 1 heterocycles. The zero-order valence-corrected chi connectivity index (χ0v) is 16.9. The van der Waals surface area contributed by atoms with Crippen LogP contribution >= 0.6 is 0 Å². The number of hydrogen-bond donors (Lipinski definition) is 2. The van der Waals surface area contributed by atoms with Crippen molar-refractivity contribution in [3.05, 3.63) is 42.0 Å². The van der Waals surface area contributed by atoms with Gasteiger partial charge in [0.2, 0.25) is 17.6 Å². The first kappa shape index (κ1) is 20.6. The molecule has 1 amide bonds. The van der Waals surface area contributed by atoms with Crippen molar-refractivity contribution >= 4 is 17.5 Å². The zero-order valence-electron chi connectivity index (χ0n) is 16.9. The smallest absolute Gasteiger partial charge is 0.321 e. The van der Waals surface area contributed by atoms with Crippen LogP contribution in [0.4, 0.5) is 11.6 Å². The summed E-state index contributed by atoms with van der Waals surface area (Å²) in [5.41, 5.74) is 6.94. The summed E-state index contributed by atoms with van der Waals surface area (Å²) in [4.78, 5) is 24.2. The molecule has 3 rings (SSSR count). The molecule has 10 nitrogen and oxygen atoms in total. The van der Waals surface area contributed by atoms with Crippen molar-refractivity contribution in [3.63, 3.8) is 0 Å². The Labute approximate surface area is 173 Å². The van der Waals surface area contributed by atoms with E-state index in [2.05, 4.69) is 20.3 Å². The van der Waals surface area contributed by atoms with Crippen molar-refractivity contribution in [3.8, 4) is 34.6 Å². The molecule has 0 atom stereocenters. The summed E-state index contributed by atoms with van der Waals surface area (Å²) in [7, 11) is 6.04. The Kier molecular flexibility index (Phi) is 6.16. The maximum Gasteiger partial charge on any atom is 0.321 e. The molecule has 1 aromatic heterocycles. The summed E-state index contributed by atoms with van der Waals surface area (Å²) >= 11 is 0. The SMILES string of the molecule is COc1nc(Nc2cc(OC)c(OC)c(OC)c2)nc(-c2ccc(C(N)=O)cc2)n1. The molecule has 0 bridgehead atoms. The molecule has 3 N–H and O–H groups in total. The molecule has 0 radical (unpaired) electrons. The van der Waals surface area contributed by atoms with Gasteiger partial charge in [-0.1, -0.05) is 12.1 Å². The van der Waals surface area contributed by atoms with E-state index in [1.165, 1.54) is 28.4 Å². The van der Waals surface area contributed by atoms with Crippen molar-refractivity contribution in [2.75, 3.05) is 33.8 Å². The molecule has 0 fully saturated rings. The third kappa shape index (κ3) is 4.32. The summed E-state index contributed by atoms with van der Waals surface area (Å²) in [5.74, 6) is 1.50. The number of amides is 1. The number of ether oxygens (including phenoxy) is 4. The lowest BCUT2D eigenvalue weighted by molar-refractivity contribution is 0.100. The van der Waals surface area contributed by atoms with Gasteiger partial charge < -0.3 is 30.0 Å². The van der Waals surface area contributed by atoms with E-state index >= 15 is 0 Å². The highest BCUT2D eigenvalue weighted by atomic mass is 16.5. The van der Waals surface area contributed by atoms with Crippen molar-refractivity contribution in [1.29, 1.82) is 0 Å². The van der Waals surface area contributed by atoms with Gasteiger partial charge >= 0.3 is 6.01 Å². The summed E-state index contributed by atoms with van der Waals surface area (Å²) in [6.07, 6.45) is 0. The van der Waals surface area contributed by atoms with Gasteiger partial charge in [0, 0.05) is 28.9 Å². The molecule has 2 aromatic carbocycles. The van der Waals surface area contributed by atoms with Crippen LogP contribution in [0.3, 0.4) is 0 Å². The van der Waals surface area contributed by atoms with Gasteiger partial charge in [0.25, 0.3) is 0 Å². The van der Waals surface area contributed by atoms with Crippen LogP contribution in [0.5, 0.6) is 23.3 Å². The number of nitrogens with zero attached hydrogens (tertiary/aromatic N) is 3. The first-order valence-electron chi connectivity index (χ1n) is 8.76. The van der Waals surface area contributed by atoms with Gasteiger partial charge in [0.1, 0.15) is 0 Å². The van der Waals surface area contributed by atoms with Crippen molar-refractivity contribution < 1.29 is 23.7 Å². The van der Waals surface area contributed by atoms with Crippen molar-refractivity contribution in [2.24, 2.45) is 5.73 Å². The second kappa shape index (κ2) is 8.95. The zero-order chi connectivity index (χ0) is 21.7. The fourth-order valence-corrected chi connectivity index (χ4v) is 2.70. The Morgan fingerprint density at radius 3 is 2.00 bits per heavy atom. The Bertz CT molecular complexity index is 1030. The van der Waals surface area contributed by atoms with Gasteiger partial charge in [-0.05, 0) is 12.1 Å². The van der Waals surface area contributed by atoms with E-state index in [9.17, 15) is 4.79 Å². The Hall–Kier alpha value is -4.08. The van der Waals surface area contributed by atoms with Crippen LogP contribution in [0.15, 0.2) is 36.4 Å². The van der Waals surface area contributed by atoms with Crippen LogP contribution in [0.1, 0.15) is 10.4 Å². The number of methoxy groups -OCH3 is 4. The molecular formula is C20H21N5O5. The third-order valence-corrected chi connectivity index (χ3v) is 4.15. The highest BCUT2D eigenvalue weighted by Crippen LogP contribution is 2.40. The standard InChI is InChI=1S/C20H21N5O5/c1-27-14-9-13(10-15(28-2)16(14)29-3)22-19-23-18(24-20(25-19)30-4)12-7-5-11(6-8-12)17(21)26/h5-10H,1-4H3,(H2,21,26)(H,22,23,24,25). The molecule has 30 heavy (non-hydrogen) atoms. The topological polar surface area (TPSA) is 131 Å². The minimum Gasteiger partial charge on any atom is -0.493 e. The number of aromatic nitrogens is 3.